The quantitative estimate of drug-likeness (QED) is 0.701. The van der Waals surface area contributed by atoms with Crippen molar-refractivity contribution in [3.63, 3.8) is 0 Å². The van der Waals surface area contributed by atoms with Gasteiger partial charge in [-0.3, -0.25) is 4.79 Å². The molecule has 0 aromatic carbocycles. The number of rotatable bonds is 6. The number of aliphatic carboxylic acids is 1. The van der Waals surface area contributed by atoms with Crippen LogP contribution in [0, 0.1) is 11.8 Å². The predicted octanol–water partition coefficient (Wildman–Crippen LogP) is 2.75. The van der Waals surface area contributed by atoms with Crippen LogP contribution in [0.15, 0.2) is 0 Å². The number of urea groups is 1. The number of nitrogens with one attached hydrogen (secondary N) is 2. The van der Waals surface area contributed by atoms with Crippen molar-refractivity contribution < 1.29 is 14.7 Å². The molecular formula is C15H28N2O3. The first-order valence-electron chi connectivity index (χ1n) is 7.73. The van der Waals surface area contributed by atoms with E-state index in [1.807, 2.05) is 0 Å². The summed E-state index contributed by atoms with van der Waals surface area (Å²) in [6.07, 6.45) is 6.93. The maximum absolute atomic E-state index is 11.8. The second-order valence-electron chi connectivity index (χ2n) is 6.04. The van der Waals surface area contributed by atoms with Crippen molar-refractivity contribution in [3.8, 4) is 0 Å². The van der Waals surface area contributed by atoms with Gasteiger partial charge in [0.1, 0.15) is 0 Å². The Balaban J connectivity index is 2.28. The number of carboxylic acid groups (broad SMARTS) is 1. The third-order valence-electron chi connectivity index (χ3n) is 4.38. The fourth-order valence-electron chi connectivity index (χ4n) is 2.78. The smallest absolute Gasteiger partial charge is 0.315 e. The number of hydrogen-bond donors (Lipinski definition) is 3. The summed E-state index contributed by atoms with van der Waals surface area (Å²) in [6, 6.07) is -0.385. The van der Waals surface area contributed by atoms with E-state index in [9.17, 15) is 9.59 Å². The van der Waals surface area contributed by atoms with Gasteiger partial charge in [-0.15, -0.1) is 0 Å². The zero-order valence-electron chi connectivity index (χ0n) is 12.8. The lowest BCUT2D eigenvalue weighted by Gasteiger charge is -2.29. The second kappa shape index (κ2) is 8.12. The van der Waals surface area contributed by atoms with E-state index in [2.05, 4.69) is 17.6 Å². The van der Waals surface area contributed by atoms with Crippen LogP contribution in [0.25, 0.3) is 0 Å². The number of carbonyl (C=O) groups is 2. The molecule has 0 saturated heterocycles. The van der Waals surface area contributed by atoms with Gasteiger partial charge in [0.15, 0.2) is 0 Å². The number of carboxylic acids is 1. The zero-order chi connectivity index (χ0) is 15.1. The van der Waals surface area contributed by atoms with E-state index >= 15 is 0 Å². The van der Waals surface area contributed by atoms with Crippen LogP contribution in [-0.2, 0) is 4.79 Å². The molecule has 5 heteroatoms. The third kappa shape index (κ3) is 5.39. The molecule has 2 atom stereocenters. The summed E-state index contributed by atoms with van der Waals surface area (Å²) in [4.78, 5) is 22.7. The third-order valence-corrected chi connectivity index (χ3v) is 4.38. The van der Waals surface area contributed by atoms with Gasteiger partial charge >= 0.3 is 12.0 Å². The lowest BCUT2D eigenvalue weighted by atomic mass is 9.83. The van der Waals surface area contributed by atoms with E-state index in [-0.39, 0.29) is 18.1 Å². The minimum absolute atomic E-state index is 0.232. The molecule has 1 aliphatic carbocycles. The molecule has 0 aromatic heterocycles. The van der Waals surface area contributed by atoms with Crippen molar-refractivity contribution in [3.05, 3.63) is 0 Å². The molecule has 1 aliphatic rings. The Morgan fingerprint density at radius 2 is 1.80 bits per heavy atom. The lowest BCUT2D eigenvalue weighted by molar-refractivity contribution is -0.141. The van der Waals surface area contributed by atoms with Crippen LogP contribution in [0.3, 0.4) is 0 Å². The van der Waals surface area contributed by atoms with Crippen LogP contribution in [-0.4, -0.2) is 29.2 Å². The summed E-state index contributed by atoms with van der Waals surface area (Å²) in [6.45, 7) is 5.53. The molecule has 0 spiro atoms. The van der Waals surface area contributed by atoms with E-state index in [4.69, 9.17) is 5.11 Å². The van der Waals surface area contributed by atoms with Gasteiger partial charge in [0.05, 0.1) is 5.92 Å². The van der Waals surface area contributed by atoms with Crippen molar-refractivity contribution in [2.45, 2.75) is 71.4 Å². The Kier molecular flexibility index (Phi) is 6.82. The molecule has 1 fully saturated rings. The van der Waals surface area contributed by atoms with Crippen molar-refractivity contribution in [2.75, 3.05) is 0 Å². The molecule has 0 aliphatic heterocycles. The summed E-state index contributed by atoms with van der Waals surface area (Å²) in [5.41, 5.74) is 0. The van der Waals surface area contributed by atoms with Gasteiger partial charge in [0.2, 0.25) is 0 Å². The van der Waals surface area contributed by atoms with E-state index < -0.39 is 11.9 Å². The molecule has 0 aromatic rings. The molecule has 1 saturated carbocycles. The zero-order valence-corrected chi connectivity index (χ0v) is 12.8. The number of amides is 2. The molecule has 20 heavy (non-hydrogen) atoms. The second-order valence-corrected chi connectivity index (χ2v) is 6.04. The normalized spacial score (nSPS) is 25.6. The Hall–Kier alpha value is -1.26. The molecule has 0 radical (unpaired) electrons. The van der Waals surface area contributed by atoms with Gasteiger partial charge in [-0.05, 0) is 45.4 Å². The first kappa shape index (κ1) is 16.8. The molecule has 1 rings (SSSR count). The van der Waals surface area contributed by atoms with Gasteiger partial charge in [0.25, 0.3) is 0 Å². The molecule has 3 N–H and O–H groups in total. The molecule has 0 bridgehead atoms. The summed E-state index contributed by atoms with van der Waals surface area (Å²) in [5, 5.41) is 14.6. The maximum Gasteiger partial charge on any atom is 0.315 e. The van der Waals surface area contributed by atoms with Crippen LogP contribution in [0.1, 0.15) is 59.3 Å². The average Bonchev–Trinajstić information content (AvgIpc) is 2.40. The van der Waals surface area contributed by atoms with Crippen LogP contribution in [0.2, 0.25) is 0 Å². The molecule has 0 heterocycles. The Morgan fingerprint density at radius 3 is 2.30 bits per heavy atom. The first-order valence-corrected chi connectivity index (χ1v) is 7.73. The van der Waals surface area contributed by atoms with Crippen LogP contribution in [0.5, 0.6) is 0 Å². The summed E-state index contributed by atoms with van der Waals surface area (Å²) >= 11 is 0. The van der Waals surface area contributed by atoms with Gasteiger partial charge in [-0.25, -0.2) is 4.79 Å². The summed E-state index contributed by atoms with van der Waals surface area (Å²) in [7, 11) is 0. The SMILES string of the molecule is CCCC1CCC(NC(=O)NC(C)C(C)C(=O)O)CC1. The van der Waals surface area contributed by atoms with E-state index in [0.29, 0.717) is 0 Å². The highest BCUT2D eigenvalue weighted by Crippen LogP contribution is 2.27. The molecule has 116 valence electrons. The van der Waals surface area contributed by atoms with Gasteiger partial charge in [0, 0.05) is 12.1 Å². The standard InChI is InChI=1S/C15H28N2O3/c1-4-5-12-6-8-13(9-7-12)17-15(20)16-11(3)10(2)14(18)19/h10-13H,4-9H2,1-3H3,(H,18,19)(H2,16,17,20). The Bertz CT molecular complexity index is 325. The van der Waals surface area contributed by atoms with E-state index in [1.54, 1.807) is 13.8 Å². The average molecular weight is 284 g/mol. The van der Waals surface area contributed by atoms with Gasteiger partial charge < -0.3 is 15.7 Å². The monoisotopic (exact) mass is 284 g/mol. The Morgan fingerprint density at radius 1 is 1.20 bits per heavy atom. The van der Waals surface area contributed by atoms with Crippen LogP contribution in [0.4, 0.5) is 4.79 Å². The summed E-state index contributed by atoms with van der Waals surface area (Å²) < 4.78 is 0. The highest BCUT2D eigenvalue weighted by atomic mass is 16.4. The van der Waals surface area contributed by atoms with E-state index in [0.717, 1.165) is 18.8 Å². The number of carbonyl (C=O) groups excluding carboxylic acids is 1. The highest BCUT2D eigenvalue weighted by Gasteiger charge is 2.24. The van der Waals surface area contributed by atoms with Crippen LogP contribution < -0.4 is 10.6 Å². The molecule has 5 nitrogen and oxygen atoms in total. The largest absolute Gasteiger partial charge is 0.481 e. The summed E-state index contributed by atoms with van der Waals surface area (Å²) in [5.74, 6) is -0.661. The minimum Gasteiger partial charge on any atom is -0.481 e. The first-order chi connectivity index (χ1) is 9.43. The predicted molar refractivity (Wildman–Crippen MR) is 78.6 cm³/mol. The van der Waals surface area contributed by atoms with Crippen molar-refractivity contribution in [1.82, 2.24) is 10.6 Å². The fraction of sp³-hybridized carbons (Fsp3) is 0.867. The maximum atomic E-state index is 11.8. The highest BCUT2D eigenvalue weighted by molar-refractivity contribution is 5.76. The van der Waals surface area contributed by atoms with Crippen molar-refractivity contribution in [1.29, 1.82) is 0 Å². The van der Waals surface area contributed by atoms with Crippen LogP contribution >= 0.6 is 0 Å². The fourth-order valence-corrected chi connectivity index (χ4v) is 2.78. The van der Waals surface area contributed by atoms with Gasteiger partial charge in [-0.2, -0.15) is 0 Å². The van der Waals surface area contributed by atoms with Gasteiger partial charge in [-0.1, -0.05) is 19.8 Å². The lowest BCUT2D eigenvalue weighted by Crippen LogP contribution is -2.49. The number of hydrogen-bond acceptors (Lipinski definition) is 2. The molecule has 2 amide bonds. The molecule has 2 unspecified atom stereocenters. The van der Waals surface area contributed by atoms with Crippen molar-refractivity contribution >= 4 is 12.0 Å². The van der Waals surface area contributed by atoms with E-state index in [1.165, 1.54) is 25.7 Å². The molecular weight excluding hydrogens is 256 g/mol. The minimum atomic E-state index is -0.891. The Labute approximate surface area is 121 Å². The topological polar surface area (TPSA) is 78.4 Å². The van der Waals surface area contributed by atoms with Crippen molar-refractivity contribution in [2.24, 2.45) is 11.8 Å².